The fraction of sp³-hybridized carbons (Fsp3) is 0.923. The Morgan fingerprint density at radius 1 is 1.35 bits per heavy atom. The van der Waals surface area contributed by atoms with Gasteiger partial charge in [-0.2, -0.15) is 11.8 Å². The maximum atomic E-state index is 11.6. The molecule has 1 aliphatic carbocycles. The minimum atomic E-state index is -0.110. The van der Waals surface area contributed by atoms with Crippen molar-refractivity contribution in [2.45, 2.75) is 51.6 Å². The van der Waals surface area contributed by atoms with Gasteiger partial charge < -0.3 is 10.1 Å². The van der Waals surface area contributed by atoms with Crippen LogP contribution in [0.25, 0.3) is 0 Å². The lowest BCUT2D eigenvalue weighted by Crippen LogP contribution is -2.39. The number of rotatable bonds is 9. The average Bonchev–Trinajstić information content (AvgIpc) is 3.09. The molecule has 0 radical (unpaired) electrons. The molecular formula is C13H25NO2S. The minimum Gasteiger partial charge on any atom is -0.468 e. The van der Waals surface area contributed by atoms with Gasteiger partial charge in [-0.15, -0.1) is 0 Å². The first-order chi connectivity index (χ1) is 8.13. The highest BCUT2D eigenvalue weighted by Gasteiger charge is 2.28. The van der Waals surface area contributed by atoms with Gasteiger partial charge in [0, 0.05) is 6.04 Å². The molecule has 3 nitrogen and oxygen atoms in total. The Morgan fingerprint density at radius 2 is 2.00 bits per heavy atom. The zero-order valence-electron chi connectivity index (χ0n) is 11.2. The summed E-state index contributed by atoms with van der Waals surface area (Å²) in [5.41, 5.74) is 0. The average molecular weight is 259 g/mol. The monoisotopic (exact) mass is 259 g/mol. The van der Waals surface area contributed by atoms with Gasteiger partial charge in [0.05, 0.1) is 7.11 Å². The molecule has 1 atom stereocenters. The predicted molar refractivity (Wildman–Crippen MR) is 73.4 cm³/mol. The molecule has 0 aromatic carbocycles. The van der Waals surface area contributed by atoms with Crippen molar-refractivity contribution in [3.05, 3.63) is 0 Å². The summed E-state index contributed by atoms with van der Waals surface area (Å²) in [7, 11) is 1.47. The molecule has 1 aliphatic rings. The molecular weight excluding hydrogens is 234 g/mol. The molecule has 17 heavy (non-hydrogen) atoms. The second-order valence-corrected chi connectivity index (χ2v) is 6.33. The summed E-state index contributed by atoms with van der Waals surface area (Å²) < 4.78 is 4.83. The molecule has 1 fully saturated rings. The standard InChI is InChI=1S/C13H25NO2S/c1-10(2)6-8-17-9-7-12(13(15)16-3)14-11-4-5-11/h10-12,14H,4-9H2,1-3H3. The van der Waals surface area contributed by atoms with Gasteiger partial charge in [0.25, 0.3) is 0 Å². The Bertz CT molecular complexity index is 229. The summed E-state index contributed by atoms with van der Waals surface area (Å²) in [6.07, 6.45) is 4.54. The molecule has 0 amide bonds. The molecule has 0 spiro atoms. The van der Waals surface area contributed by atoms with Crippen LogP contribution in [0.4, 0.5) is 0 Å². The molecule has 0 saturated heterocycles. The van der Waals surface area contributed by atoms with E-state index in [1.54, 1.807) is 0 Å². The molecule has 0 aromatic rings. The van der Waals surface area contributed by atoms with Gasteiger partial charge in [-0.05, 0) is 43.1 Å². The van der Waals surface area contributed by atoms with Crippen LogP contribution in [0.1, 0.15) is 39.5 Å². The predicted octanol–water partition coefficient (Wildman–Crippen LogP) is 2.45. The molecule has 1 unspecified atom stereocenters. The molecule has 0 aliphatic heterocycles. The molecule has 1 rings (SSSR count). The topological polar surface area (TPSA) is 38.3 Å². The first-order valence-electron chi connectivity index (χ1n) is 6.55. The fourth-order valence-electron chi connectivity index (χ4n) is 1.57. The summed E-state index contributed by atoms with van der Waals surface area (Å²) >= 11 is 1.94. The van der Waals surface area contributed by atoms with E-state index in [1.165, 1.54) is 32.1 Å². The number of carbonyl (C=O) groups excluding carboxylic acids is 1. The van der Waals surface area contributed by atoms with E-state index in [4.69, 9.17) is 4.74 Å². The third-order valence-electron chi connectivity index (χ3n) is 2.89. The highest BCUT2D eigenvalue weighted by atomic mass is 32.2. The zero-order chi connectivity index (χ0) is 12.7. The van der Waals surface area contributed by atoms with Gasteiger partial charge in [-0.1, -0.05) is 13.8 Å². The molecule has 0 heterocycles. The molecule has 1 saturated carbocycles. The molecule has 100 valence electrons. The fourth-order valence-corrected chi connectivity index (χ4v) is 2.81. The van der Waals surface area contributed by atoms with Crippen LogP contribution >= 0.6 is 11.8 Å². The molecule has 0 aromatic heterocycles. The van der Waals surface area contributed by atoms with E-state index >= 15 is 0 Å². The van der Waals surface area contributed by atoms with Crippen LogP contribution in [-0.4, -0.2) is 36.7 Å². The SMILES string of the molecule is COC(=O)C(CCSCCC(C)C)NC1CC1. The van der Waals surface area contributed by atoms with Gasteiger partial charge in [0.2, 0.25) is 0 Å². The van der Waals surface area contributed by atoms with E-state index in [-0.39, 0.29) is 12.0 Å². The van der Waals surface area contributed by atoms with Crippen molar-refractivity contribution in [2.75, 3.05) is 18.6 Å². The van der Waals surface area contributed by atoms with Crippen LogP contribution < -0.4 is 5.32 Å². The number of hydrogen-bond donors (Lipinski definition) is 1. The zero-order valence-corrected chi connectivity index (χ0v) is 12.0. The van der Waals surface area contributed by atoms with Crippen LogP contribution in [0.15, 0.2) is 0 Å². The largest absolute Gasteiger partial charge is 0.468 e. The lowest BCUT2D eigenvalue weighted by atomic mass is 10.2. The Labute approximate surface area is 109 Å². The van der Waals surface area contributed by atoms with E-state index in [0.29, 0.717) is 6.04 Å². The molecule has 4 heteroatoms. The number of nitrogens with one attached hydrogen (secondary N) is 1. The summed E-state index contributed by atoms with van der Waals surface area (Å²) in [5, 5.41) is 3.35. The Morgan fingerprint density at radius 3 is 2.53 bits per heavy atom. The van der Waals surface area contributed by atoms with Gasteiger partial charge in [-0.3, -0.25) is 4.79 Å². The highest BCUT2D eigenvalue weighted by Crippen LogP contribution is 2.21. The lowest BCUT2D eigenvalue weighted by molar-refractivity contribution is -0.143. The number of ether oxygens (including phenoxy) is 1. The first-order valence-corrected chi connectivity index (χ1v) is 7.70. The van der Waals surface area contributed by atoms with Crippen LogP contribution in [0.2, 0.25) is 0 Å². The summed E-state index contributed by atoms with van der Waals surface area (Å²) in [4.78, 5) is 11.6. The first kappa shape index (κ1) is 14.8. The Kier molecular flexibility index (Phi) is 6.97. The maximum Gasteiger partial charge on any atom is 0.322 e. The van der Waals surface area contributed by atoms with Gasteiger partial charge in [-0.25, -0.2) is 0 Å². The Hall–Kier alpha value is -0.220. The number of hydrogen-bond acceptors (Lipinski definition) is 4. The summed E-state index contributed by atoms with van der Waals surface area (Å²) in [6, 6.07) is 0.457. The van der Waals surface area contributed by atoms with Crippen molar-refractivity contribution in [1.82, 2.24) is 5.32 Å². The van der Waals surface area contributed by atoms with Crippen LogP contribution in [0.3, 0.4) is 0 Å². The molecule has 1 N–H and O–H groups in total. The van der Waals surface area contributed by atoms with Crippen molar-refractivity contribution in [3.8, 4) is 0 Å². The number of esters is 1. The van der Waals surface area contributed by atoms with Crippen LogP contribution in [0.5, 0.6) is 0 Å². The quantitative estimate of drug-likeness (QED) is 0.510. The van der Waals surface area contributed by atoms with Gasteiger partial charge in [0.15, 0.2) is 0 Å². The number of carbonyl (C=O) groups is 1. The van der Waals surface area contributed by atoms with E-state index in [2.05, 4.69) is 19.2 Å². The number of methoxy groups -OCH3 is 1. The summed E-state index contributed by atoms with van der Waals surface area (Å²) in [6.45, 7) is 4.49. The van der Waals surface area contributed by atoms with Crippen molar-refractivity contribution in [3.63, 3.8) is 0 Å². The van der Waals surface area contributed by atoms with E-state index in [0.717, 1.165) is 18.1 Å². The lowest BCUT2D eigenvalue weighted by Gasteiger charge is -2.15. The number of thioether (sulfide) groups is 1. The Balaban J connectivity index is 2.12. The van der Waals surface area contributed by atoms with Crippen molar-refractivity contribution >= 4 is 17.7 Å². The van der Waals surface area contributed by atoms with Crippen molar-refractivity contribution in [2.24, 2.45) is 5.92 Å². The minimum absolute atomic E-state index is 0.0981. The van der Waals surface area contributed by atoms with Gasteiger partial charge >= 0.3 is 5.97 Å². The van der Waals surface area contributed by atoms with E-state index in [1.807, 2.05) is 11.8 Å². The van der Waals surface area contributed by atoms with E-state index < -0.39 is 0 Å². The third-order valence-corrected chi connectivity index (χ3v) is 3.94. The van der Waals surface area contributed by atoms with Gasteiger partial charge in [0.1, 0.15) is 6.04 Å². The second kappa shape index (κ2) is 7.98. The van der Waals surface area contributed by atoms with Crippen molar-refractivity contribution in [1.29, 1.82) is 0 Å². The van der Waals surface area contributed by atoms with Crippen molar-refractivity contribution < 1.29 is 9.53 Å². The van der Waals surface area contributed by atoms with Crippen LogP contribution in [-0.2, 0) is 9.53 Å². The molecule has 0 bridgehead atoms. The normalized spacial score (nSPS) is 17.2. The van der Waals surface area contributed by atoms with E-state index in [9.17, 15) is 4.79 Å². The summed E-state index contributed by atoms with van der Waals surface area (Å²) in [5.74, 6) is 2.88. The maximum absolute atomic E-state index is 11.6. The highest BCUT2D eigenvalue weighted by molar-refractivity contribution is 7.99. The third kappa shape index (κ3) is 6.94. The second-order valence-electron chi connectivity index (χ2n) is 5.10. The van der Waals surface area contributed by atoms with Crippen LogP contribution in [0, 0.1) is 5.92 Å². The smallest absolute Gasteiger partial charge is 0.322 e.